The average Bonchev–Trinajstić information content (AvgIpc) is 2.48. The summed E-state index contributed by atoms with van der Waals surface area (Å²) < 4.78 is 40.7. The lowest BCUT2D eigenvalue weighted by Crippen LogP contribution is -2.40. The summed E-state index contributed by atoms with van der Waals surface area (Å²) in [5.74, 6) is 0.332. The van der Waals surface area contributed by atoms with Crippen molar-refractivity contribution in [1.82, 2.24) is 10.3 Å². The maximum Gasteiger partial charge on any atom is 0.422 e. The molecule has 0 saturated carbocycles. The normalized spacial score (nSPS) is 12.8. The first-order valence-corrected chi connectivity index (χ1v) is 7.88. The Hall–Kier alpha value is -1.48. The second-order valence-corrected chi connectivity index (χ2v) is 5.50. The van der Waals surface area contributed by atoms with Crippen molar-refractivity contribution < 1.29 is 22.7 Å². The predicted octanol–water partition coefficient (Wildman–Crippen LogP) is 1.72. The van der Waals surface area contributed by atoms with Gasteiger partial charge in [0.05, 0.1) is 6.04 Å². The number of pyridine rings is 1. The van der Waals surface area contributed by atoms with Crippen LogP contribution in [0.4, 0.5) is 13.2 Å². The van der Waals surface area contributed by atoms with Crippen LogP contribution in [-0.4, -0.2) is 41.7 Å². The van der Waals surface area contributed by atoms with E-state index in [0.717, 1.165) is 5.75 Å². The molecule has 9 heteroatoms. The number of carbonyl (C=O) groups excluding carboxylic acids is 1. The van der Waals surface area contributed by atoms with E-state index in [1.54, 1.807) is 17.8 Å². The molecule has 1 heterocycles. The molecular formula is C13H18F3N3O2S. The molecule has 0 aliphatic heterocycles. The van der Waals surface area contributed by atoms with E-state index in [1.807, 2.05) is 6.26 Å². The van der Waals surface area contributed by atoms with E-state index in [1.165, 1.54) is 12.3 Å². The zero-order chi connectivity index (χ0) is 16.6. The van der Waals surface area contributed by atoms with Gasteiger partial charge >= 0.3 is 6.18 Å². The fourth-order valence-corrected chi connectivity index (χ4v) is 1.98. The summed E-state index contributed by atoms with van der Waals surface area (Å²) >= 11 is 1.59. The number of aromatic nitrogens is 1. The van der Waals surface area contributed by atoms with Crippen molar-refractivity contribution in [2.45, 2.75) is 25.2 Å². The van der Waals surface area contributed by atoms with Crippen LogP contribution in [0.2, 0.25) is 0 Å². The molecule has 3 N–H and O–H groups in total. The number of carbonyl (C=O) groups is 1. The first kappa shape index (κ1) is 18.6. The zero-order valence-corrected chi connectivity index (χ0v) is 12.8. The number of alkyl halides is 3. The largest absolute Gasteiger partial charge is 0.468 e. The number of amides is 1. The Labute approximate surface area is 130 Å². The van der Waals surface area contributed by atoms with E-state index in [0.29, 0.717) is 12.0 Å². The van der Waals surface area contributed by atoms with Gasteiger partial charge in [-0.2, -0.15) is 24.9 Å². The van der Waals surface area contributed by atoms with Crippen LogP contribution in [0.3, 0.4) is 0 Å². The molecule has 1 amide bonds. The van der Waals surface area contributed by atoms with Gasteiger partial charge in [-0.1, -0.05) is 0 Å². The molecule has 0 aliphatic carbocycles. The molecule has 0 saturated heterocycles. The maximum atomic E-state index is 12.1. The number of hydrogen-bond donors (Lipinski definition) is 2. The molecule has 1 rings (SSSR count). The number of nitrogens with one attached hydrogen (secondary N) is 1. The third kappa shape index (κ3) is 7.51. The van der Waals surface area contributed by atoms with Crippen LogP contribution < -0.4 is 15.8 Å². The SMILES string of the molecule is CSCCC(N)C(=O)NCc1ccnc(OCC(F)(F)F)c1. The molecule has 5 nitrogen and oxygen atoms in total. The highest BCUT2D eigenvalue weighted by atomic mass is 32.2. The molecule has 1 aromatic rings. The van der Waals surface area contributed by atoms with Gasteiger partial charge in [-0.15, -0.1) is 0 Å². The first-order valence-electron chi connectivity index (χ1n) is 6.48. The lowest BCUT2D eigenvalue weighted by atomic mass is 10.2. The molecule has 1 aromatic heterocycles. The van der Waals surface area contributed by atoms with Crippen LogP contribution in [0.15, 0.2) is 18.3 Å². The molecule has 0 radical (unpaired) electrons. The third-order valence-electron chi connectivity index (χ3n) is 2.62. The van der Waals surface area contributed by atoms with Crippen LogP contribution >= 0.6 is 11.8 Å². The lowest BCUT2D eigenvalue weighted by molar-refractivity contribution is -0.154. The van der Waals surface area contributed by atoms with E-state index >= 15 is 0 Å². The van der Waals surface area contributed by atoms with Gasteiger partial charge in [0.25, 0.3) is 0 Å². The Kier molecular flexibility index (Phi) is 7.46. The average molecular weight is 337 g/mol. The Morgan fingerprint density at radius 3 is 2.91 bits per heavy atom. The fourth-order valence-electron chi connectivity index (χ4n) is 1.49. The number of thioether (sulfide) groups is 1. The summed E-state index contributed by atoms with van der Waals surface area (Å²) in [6, 6.07) is 2.32. The van der Waals surface area contributed by atoms with Crippen LogP contribution in [0.25, 0.3) is 0 Å². The molecule has 22 heavy (non-hydrogen) atoms. The zero-order valence-electron chi connectivity index (χ0n) is 12.0. The van der Waals surface area contributed by atoms with Crippen molar-refractivity contribution in [3.05, 3.63) is 23.9 Å². The maximum absolute atomic E-state index is 12.1. The Bertz CT molecular complexity index is 486. The topological polar surface area (TPSA) is 77.2 Å². The quantitative estimate of drug-likeness (QED) is 0.755. The van der Waals surface area contributed by atoms with Gasteiger partial charge in [0.15, 0.2) is 6.61 Å². The molecular weight excluding hydrogens is 319 g/mol. The third-order valence-corrected chi connectivity index (χ3v) is 3.26. The fraction of sp³-hybridized carbons (Fsp3) is 0.538. The number of hydrogen-bond acceptors (Lipinski definition) is 5. The Morgan fingerprint density at radius 1 is 1.55 bits per heavy atom. The summed E-state index contributed by atoms with van der Waals surface area (Å²) in [5, 5.41) is 2.63. The predicted molar refractivity (Wildman–Crippen MR) is 78.6 cm³/mol. The standard InChI is InChI=1S/C13H18F3N3O2S/c1-22-5-3-10(17)12(20)19-7-9-2-4-18-11(6-9)21-8-13(14,15)16/h2,4,6,10H,3,5,7-8,17H2,1H3,(H,19,20). The van der Waals surface area contributed by atoms with E-state index < -0.39 is 18.8 Å². The monoisotopic (exact) mass is 337 g/mol. The summed E-state index contributed by atoms with van der Waals surface area (Å²) in [6.07, 6.45) is -0.621. The molecule has 1 atom stereocenters. The van der Waals surface area contributed by atoms with E-state index in [2.05, 4.69) is 15.0 Å². The summed E-state index contributed by atoms with van der Waals surface area (Å²) in [4.78, 5) is 15.4. The van der Waals surface area contributed by atoms with Crippen LogP contribution in [-0.2, 0) is 11.3 Å². The van der Waals surface area contributed by atoms with Gasteiger partial charge in [-0.05, 0) is 30.1 Å². The summed E-state index contributed by atoms with van der Waals surface area (Å²) in [5.41, 5.74) is 6.29. The highest BCUT2D eigenvalue weighted by Gasteiger charge is 2.28. The Morgan fingerprint density at radius 2 is 2.27 bits per heavy atom. The van der Waals surface area contributed by atoms with Crippen molar-refractivity contribution >= 4 is 17.7 Å². The molecule has 124 valence electrons. The molecule has 1 unspecified atom stereocenters. The van der Waals surface area contributed by atoms with Crippen LogP contribution in [0.1, 0.15) is 12.0 Å². The first-order chi connectivity index (χ1) is 10.3. The molecule has 0 aliphatic rings. The van der Waals surface area contributed by atoms with Crippen LogP contribution in [0, 0.1) is 0 Å². The Balaban J connectivity index is 2.47. The minimum atomic E-state index is -4.42. The van der Waals surface area contributed by atoms with Gasteiger partial charge in [-0.3, -0.25) is 4.79 Å². The van der Waals surface area contributed by atoms with Crippen LogP contribution in [0.5, 0.6) is 5.88 Å². The number of nitrogens with zero attached hydrogens (tertiary/aromatic N) is 1. The van der Waals surface area contributed by atoms with E-state index in [-0.39, 0.29) is 18.3 Å². The van der Waals surface area contributed by atoms with Crippen molar-refractivity contribution in [2.24, 2.45) is 5.73 Å². The van der Waals surface area contributed by atoms with E-state index in [4.69, 9.17) is 5.73 Å². The molecule has 0 spiro atoms. The summed E-state index contributed by atoms with van der Waals surface area (Å²) in [7, 11) is 0. The number of halogens is 3. The minimum Gasteiger partial charge on any atom is -0.468 e. The second kappa shape index (κ2) is 8.84. The second-order valence-electron chi connectivity index (χ2n) is 4.51. The molecule has 0 bridgehead atoms. The van der Waals surface area contributed by atoms with E-state index in [9.17, 15) is 18.0 Å². The number of rotatable bonds is 8. The van der Waals surface area contributed by atoms with Gasteiger partial charge < -0.3 is 15.8 Å². The molecule has 0 fully saturated rings. The number of nitrogens with two attached hydrogens (primary N) is 1. The lowest BCUT2D eigenvalue weighted by Gasteiger charge is -2.12. The smallest absolute Gasteiger partial charge is 0.422 e. The summed E-state index contributed by atoms with van der Waals surface area (Å²) in [6.45, 7) is -1.26. The minimum absolute atomic E-state index is 0.143. The van der Waals surface area contributed by atoms with Crippen molar-refractivity contribution in [3.8, 4) is 5.88 Å². The van der Waals surface area contributed by atoms with Crippen molar-refractivity contribution in [1.29, 1.82) is 0 Å². The highest BCUT2D eigenvalue weighted by molar-refractivity contribution is 7.98. The van der Waals surface area contributed by atoms with Gasteiger partial charge in [0.1, 0.15) is 0 Å². The van der Waals surface area contributed by atoms with Gasteiger partial charge in [0.2, 0.25) is 11.8 Å². The highest BCUT2D eigenvalue weighted by Crippen LogP contribution is 2.17. The molecule has 0 aromatic carbocycles. The van der Waals surface area contributed by atoms with Crippen molar-refractivity contribution in [2.75, 3.05) is 18.6 Å². The van der Waals surface area contributed by atoms with Gasteiger partial charge in [-0.25, -0.2) is 4.98 Å². The van der Waals surface area contributed by atoms with Crippen molar-refractivity contribution in [3.63, 3.8) is 0 Å². The van der Waals surface area contributed by atoms with Gasteiger partial charge in [0, 0.05) is 18.8 Å². The number of ether oxygens (including phenoxy) is 1.